The molecule has 0 aliphatic carbocycles. The van der Waals surface area contributed by atoms with Gasteiger partial charge in [-0.2, -0.15) is 0 Å². The van der Waals surface area contributed by atoms with Gasteiger partial charge in [0, 0.05) is 11.1 Å². The van der Waals surface area contributed by atoms with Gasteiger partial charge in [-0.15, -0.1) is 0 Å². The highest BCUT2D eigenvalue weighted by Gasteiger charge is 2.26. The third-order valence-corrected chi connectivity index (χ3v) is 3.82. The first-order valence-corrected chi connectivity index (χ1v) is 7.36. The number of sulfonamides is 1. The smallest absolute Gasteiger partial charge is 0.337 e. The van der Waals surface area contributed by atoms with Crippen LogP contribution in [0.2, 0.25) is 0 Å². The van der Waals surface area contributed by atoms with Crippen molar-refractivity contribution in [2.45, 2.75) is 4.90 Å². The molecular formula is C14H11NO5S. The Morgan fingerprint density at radius 3 is 2.00 bits per heavy atom. The van der Waals surface area contributed by atoms with Crippen LogP contribution >= 0.6 is 0 Å². The van der Waals surface area contributed by atoms with Crippen molar-refractivity contribution in [3.8, 4) is 0 Å². The number of hydrogen-bond acceptors (Lipinski definition) is 4. The Bertz CT molecular complexity index is 813. The zero-order valence-corrected chi connectivity index (χ0v) is 11.5. The van der Waals surface area contributed by atoms with Crippen molar-refractivity contribution < 1.29 is 23.1 Å². The second-order valence-electron chi connectivity index (χ2n) is 4.23. The maximum atomic E-state index is 12.4. The lowest BCUT2D eigenvalue weighted by Gasteiger charge is -2.10. The van der Waals surface area contributed by atoms with Gasteiger partial charge in [-0.1, -0.05) is 36.4 Å². The molecule has 0 atom stereocenters. The molecule has 7 heteroatoms. The summed E-state index contributed by atoms with van der Waals surface area (Å²) in [5.41, 5.74) is -0.548. The molecular weight excluding hydrogens is 294 g/mol. The van der Waals surface area contributed by atoms with E-state index in [1.54, 1.807) is 18.2 Å². The first-order valence-electron chi connectivity index (χ1n) is 5.81. The van der Waals surface area contributed by atoms with Crippen LogP contribution in [0.5, 0.6) is 0 Å². The fraction of sp³-hybridized carbons (Fsp3) is 0. The van der Waals surface area contributed by atoms with Crippen LogP contribution < -0.4 is 5.14 Å². The summed E-state index contributed by atoms with van der Waals surface area (Å²) in [5, 5.41) is 14.1. The molecule has 0 aromatic heterocycles. The molecule has 2 aromatic carbocycles. The Balaban J connectivity index is 2.73. The highest BCUT2D eigenvalue weighted by Crippen LogP contribution is 2.22. The maximum Gasteiger partial charge on any atom is 0.337 e. The van der Waals surface area contributed by atoms with Crippen LogP contribution in [-0.2, 0) is 10.0 Å². The first kappa shape index (κ1) is 14.9. The zero-order valence-electron chi connectivity index (χ0n) is 10.7. The average Bonchev–Trinajstić information content (AvgIpc) is 2.45. The molecule has 6 nitrogen and oxygen atoms in total. The van der Waals surface area contributed by atoms with E-state index in [4.69, 9.17) is 10.2 Å². The quantitative estimate of drug-likeness (QED) is 0.825. The summed E-state index contributed by atoms with van der Waals surface area (Å²) >= 11 is 0. The molecule has 0 amide bonds. The molecule has 0 radical (unpaired) electrons. The van der Waals surface area contributed by atoms with Gasteiger partial charge in [0.25, 0.3) is 0 Å². The summed E-state index contributed by atoms with van der Waals surface area (Å²) in [4.78, 5) is 22.8. The number of primary sulfonamides is 1. The summed E-state index contributed by atoms with van der Waals surface area (Å²) < 4.78 is 23.4. The van der Waals surface area contributed by atoms with E-state index < -0.39 is 32.2 Å². The molecule has 0 aliphatic rings. The van der Waals surface area contributed by atoms with Gasteiger partial charge >= 0.3 is 5.97 Å². The van der Waals surface area contributed by atoms with Crippen LogP contribution in [0.1, 0.15) is 26.3 Å². The number of carboxylic acid groups (broad SMARTS) is 1. The molecule has 0 bridgehead atoms. The predicted octanol–water partition coefficient (Wildman–Crippen LogP) is 1.26. The summed E-state index contributed by atoms with van der Waals surface area (Å²) in [7, 11) is -4.36. The van der Waals surface area contributed by atoms with E-state index in [1.807, 2.05) is 0 Å². The number of hydrogen-bond donors (Lipinski definition) is 2. The normalized spacial score (nSPS) is 11.1. The number of carbonyl (C=O) groups is 2. The van der Waals surface area contributed by atoms with E-state index in [0.717, 1.165) is 6.07 Å². The van der Waals surface area contributed by atoms with E-state index in [2.05, 4.69) is 0 Å². The van der Waals surface area contributed by atoms with Crippen LogP contribution in [0.25, 0.3) is 0 Å². The fourth-order valence-electron chi connectivity index (χ4n) is 1.94. The predicted molar refractivity (Wildman–Crippen MR) is 74.6 cm³/mol. The second-order valence-corrected chi connectivity index (χ2v) is 5.73. The Labute approximate surface area is 120 Å². The van der Waals surface area contributed by atoms with Gasteiger partial charge in [-0.25, -0.2) is 18.4 Å². The minimum absolute atomic E-state index is 0.241. The number of aromatic carboxylic acids is 1. The number of carboxylic acids is 1. The summed E-state index contributed by atoms with van der Waals surface area (Å²) in [5.74, 6) is -2.08. The SMILES string of the molecule is NS(=O)(=O)c1c(C(=O)O)cccc1C(=O)c1ccccc1. The molecule has 3 N–H and O–H groups in total. The molecule has 0 saturated heterocycles. The van der Waals surface area contributed by atoms with Crippen LogP contribution in [-0.4, -0.2) is 25.3 Å². The molecule has 0 spiro atoms. The molecule has 0 aliphatic heterocycles. The Kier molecular flexibility index (Phi) is 3.88. The molecule has 0 heterocycles. The van der Waals surface area contributed by atoms with Gasteiger partial charge in [0.05, 0.1) is 5.56 Å². The minimum Gasteiger partial charge on any atom is -0.478 e. The summed E-state index contributed by atoms with van der Waals surface area (Å²) in [6.45, 7) is 0. The number of carbonyl (C=O) groups excluding carboxylic acids is 1. The highest BCUT2D eigenvalue weighted by atomic mass is 32.2. The molecule has 0 unspecified atom stereocenters. The third-order valence-electron chi connectivity index (χ3n) is 2.81. The largest absolute Gasteiger partial charge is 0.478 e. The lowest BCUT2D eigenvalue weighted by molar-refractivity contribution is 0.0692. The van der Waals surface area contributed by atoms with Gasteiger partial charge < -0.3 is 5.11 Å². The second kappa shape index (κ2) is 5.47. The molecule has 2 rings (SSSR count). The van der Waals surface area contributed by atoms with Gasteiger partial charge in [-0.3, -0.25) is 4.79 Å². The molecule has 0 saturated carbocycles. The van der Waals surface area contributed by atoms with E-state index in [1.165, 1.54) is 24.3 Å². The third kappa shape index (κ3) is 2.99. The lowest BCUT2D eigenvalue weighted by Crippen LogP contribution is -2.21. The Morgan fingerprint density at radius 2 is 1.48 bits per heavy atom. The molecule has 0 fully saturated rings. The van der Waals surface area contributed by atoms with Crippen LogP contribution in [0.15, 0.2) is 53.4 Å². The van der Waals surface area contributed by atoms with E-state index in [9.17, 15) is 18.0 Å². The molecule has 2 aromatic rings. The van der Waals surface area contributed by atoms with Gasteiger partial charge in [-0.05, 0) is 12.1 Å². The maximum absolute atomic E-state index is 12.4. The Hall–Kier alpha value is -2.51. The van der Waals surface area contributed by atoms with Crippen LogP contribution in [0.3, 0.4) is 0 Å². The number of nitrogens with two attached hydrogens (primary N) is 1. The molecule has 108 valence electrons. The number of benzene rings is 2. The monoisotopic (exact) mass is 305 g/mol. The van der Waals surface area contributed by atoms with Gasteiger partial charge in [0.2, 0.25) is 10.0 Å². The summed E-state index contributed by atoms with van der Waals surface area (Å²) in [6, 6.07) is 11.6. The number of rotatable bonds is 4. The summed E-state index contributed by atoms with van der Waals surface area (Å²) in [6.07, 6.45) is 0. The molecule has 21 heavy (non-hydrogen) atoms. The van der Waals surface area contributed by atoms with Gasteiger partial charge in [0.1, 0.15) is 4.90 Å². The Morgan fingerprint density at radius 1 is 0.905 bits per heavy atom. The van der Waals surface area contributed by atoms with Crippen molar-refractivity contribution in [3.63, 3.8) is 0 Å². The van der Waals surface area contributed by atoms with Crippen molar-refractivity contribution in [2.75, 3.05) is 0 Å². The van der Waals surface area contributed by atoms with Crippen molar-refractivity contribution in [1.82, 2.24) is 0 Å². The fourth-order valence-corrected chi connectivity index (χ4v) is 2.86. The first-order chi connectivity index (χ1) is 9.82. The van der Waals surface area contributed by atoms with E-state index in [-0.39, 0.29) is 11.1 Å². The van der Waals surface area contributed by atoms with E-state index in [0.29, 0.717) is 0 Å². The van der Waals surface area contributed by atoms with Crippen LogP contribution in [0, 0.1) is 0 Å². The highest BCUT2D eigenvalue weighted by molar-refractivity contribution is 7.89. The van der Waals surface area contributed by atoms with Crippen molar-refractivity contribution >= 4 is 21.8 Å². The number of ketones is 1. The van der Waals surface area contributed by atoms with Crippen LogP contribution in [0.4, 0.5) is 0 Å². The van der Waals surface area contributed by atoms with Crippen molar-refractivity contribution in [3.05, 3.63) is 65.2 Å². The van der Waals surface area contributed by atoms with Crippen molar-refractivity contribution in [1.29, 1.82) is 0 Å². The van der Waals surface area contributed by atoms with E-state index >= 15 is 0 Å². The van der Waals surface area contributed by atoms with Gasteiger partial charge in [0.15, 0.2) is 5.78 Å². The standard InChI is InChI=1S/C14H11NO5S/c15-21(19,20)13-10(7-4-8-11(13)14(17)18)12(16)9-5-2-1-3-6-9/h1-8H,(H,17,18)(H2,15,19,20). The minimum atomic E-state index is -4.36. The topological polar surface area (TPSA) is 115 Å². The average molecular weight is 305 g/mol. The lowest BCUT2D eigenvalue weighted by atomic mass is 10.0. The van der Waals surface area contributed by atoms with Crippen molar-refractivity contribution in [2.24, 2.45) is 5.14 Å². The zero-order chi connectivity index (χ0) is 15.6.